The van der Waals surface area contributed by atoms with Gasteiger partial charge in [0.05, 0.1) is 19.9 Å². The molecule has 0 bridgehead atoms. The lowest BCUT2D eigenvalue weighted by atomic mass is 10.1. The molecular weight excluding hydrogens is 360 g/mol. The number of methoxy groups -OCH3 is 2. The molecule has 10 heteroatoms. The van der Waals surface area contributed by atoms with E-state index in [0.29, 0.717) is 23.7 Å². The first-order valence-electron chi connectivity index (χ1n) is 7.41. The third kappa shape index (κ3) is 2.83. The second-order valence-electron chi connectivity index (χ2n) is 5.27. The number of benzene rings is 1. The standard InChI is InChI=1S/C15H14N6O2S2/c1-8-13(25-20-16-8)14-17-18-15-21(14)19-12(24-15)7-9-4-5-10(22-2)11(6-9)23-3/h4-6H,7H2,1-3H3. The fraction of sp³-hybridized carbons (Fsp3) is 0.267. The van der Waals surface area contributed by atoms with Crippen molar-refractivity contribution in [2.75, 3.05) is 14.2 Å². The highest BCUT2D eigenvalue weighted by atomic mass is 32.1. The first-order chi connectivity index (χ1) is 12.2. The fourth-order valence-corrected chi connectivity index (χ4v) is 3.97. The average molecular weight is 374 g/mol. The third-order valence-electron chi connectivity index (χ3n) is 3.69. The number of ether oxygens (including phenoxy) is 2. The van der Waals surface area contributed by atoms with Gasteiger partial charge in [0.1, 0.15) is 9.88 Å². The maximum atomic E-state index is 5.36. The summed E-state index contributed by atoms with van der Waals surface area (Å²) in [5.41, 5.74) is 1.91. The summed E-state index contributed by atoms with van der Waals surface area (Å²) >= 11 is 2.80. The highest BCUT2D eigenvalue weighted by molar-refractivity contribution is 7.16. The van der Waals surface area contributed by atoms with Crippen LogP contribution in [-0.2, 0) is 6.42 Å². The van der Waals surface area contributed by atoms with Crippen molar-refractivity contribution < 1.29 is 9.47 Å². The van der Waals surface area contributed by atoms with Gasteiger partial charge < -0.3 is 9.47 Å². The van der Waals surface area contributed by atoms with Crippen LogP contribution in [0.1, 0.15) is 16.3 Å². The van der Waals surface area contributed by atoms with Crippen LogP contribution in [0.5, 0.6) is 11.5 Å². The van der Waals surface area contributed by atoms with Crippen LogP contribution in [0.3, 0.4) is 0 Å². The largest absolute Gasteiger partial charge is 0.493 e. The van der Waals surface area contributed by atoms with Crippen LogP contribution in [0.2, 0.25) is 0 Å². The van der Waals surface area contributed by atoms with Crippen molar-refractivity contribution in [1.82, 2.24) is 29.4 Å². The number of aryl methyl sites for hydroxylation is 1. The van der Waals surface area contributed by atoms with Gasteiger partial charge in [-0.25, -0.2) is 0 Å². The fourth-order valence-electron chi connectivity index (χ4n) is 2.47. The van der Waals surface area contributed by atoms with E-state index in [4.69, 9.17) is 9.47 Å². The molecule has 0 amide bonds. The molecule has 25 heavy (non-hydrogen) atoms. The molecule has 0 saturated heterocycles. The quantitative estimate of drug-likeness (QED) is 0.530. The second-order valence-corrected chi connectivity index (χ2v) is 7.06. The predicted molar refractivity (Wildman–Crippen MR) is 94.7 cm³/mol. The van der Waals surface area contributed by atoms with Gasteiger partial charge in [-0.1, -0.05) is 21.9 Å². The molecular formula is C15H14N6O2S2. The van der Waals surface area contributed by atoms with Crippen LogP contribution in [0.25, 0.3) is 15.7 Å². The Hall–Kier alpha value is -2.59. The number of hydrogen-bond donors (Lipinski definition) is 0. The topological polar surface area (TPSA) is 87.3 Å². The highest BCUT2D eigenvalue weighted by Gasteiger charge is 2.18. The Morgan fingerprint density at radius 1 is 1.08 bits per heavy atom. The zero-order valence-electron chi connectivity index (χ0n) is 13.8. The van der Waals surface area contributed by atoms with Crippen molar-refractivity contribution in [2.45, 2.75) is 13.3 Å². The number of rotatable bonds is 5. The van der Waals surface area contributed by atoms with E-state index >= 15 is 0 Å². The van der Waals surface area contributed by atoms with Crippen molar-refractivity contribution >= 4 is 27.8 Å². The van der Waals surface area contributed by atoms with Crippen molar-refractivity contribution in [3.63, 3.8) is 0 Å². The summed E-state index contributed by atoms with van der Waals surface area (Å²) in [6.45, 7) is 1.90. The number of aromatic nitrogens is 6. The molecule has 0 saturated carbocycles. The van der Waals surface area contributed by atoms with E-state index in [1.54, 1.807) is 18.7 Å². The predicted octanol–water partition coefficient (Wildman–Crippen LogP) is 2.62. The van der Waals surface area contributed by atoms with Crippen molar-refractivity contribution in [3.05, 3.63) is 34.5 Å². The molecule has 0 radical (unpaired) electrons. The molecule has 128 valence electrons. The molecule has 1 aromatic carbocycles. The Kier molecular flexibility index (Phi) is 4.06. The van der Waals surface area contributed by atoms with Crippen LogP contribution >= 0.6 is 22.9 Å². The van der Waals surface area contributed by atoms with E-state index in [0.717, 1.165) is 26.1 Å². The van der Waals surface area contributed by atoms with E-state index in [2.05, 4.69) is 24.9 Å². The summed E-state index contributed by atoms with van der Waals surface area (Å²) in [6, 6.07) is 5.85. The van der Waals surface area contributed by atoms with E-state index in [1.165, 1.54) is 22.9 Å². The van der Waals surface area contributed by atoms with E-state index in [-0.39, 0.29) is 0 Å². The molecule has 0 aliphatic heterocycles. The summed E-state index contributed by atoms with van der Waals surface area (Å²) in [5.74, 6) is 2.09. The van der Waals surface area contributed by atoms with Crippen LogP contribution in [0.15, 0.2) is 18.2 Å². The summed E-state index contributed by atoms with van der Waals surface area (Å²) in [7, 11) is 3.25. The monoisotopic (exact) mass is 374 g/mol. The van der Waals surface area contributed by atoms with Gasteiger partial charge >= 0.3 is 0 Å². The van der Waals surface area contributed by atoms with E-state index in [9.17, 15) is 0 Å². The van der Waals surface area contributed by atoms with E-state index in [1.807, 2.05) is 25.1 Å². The Bertz CT molecular complexity index is 1040. The van der Waals surface area contributed by atoms with Crippen molar-refractivity contribution in [2.24, 2.45) is 0 Å². The second kappa shape index (κ2) is 6.37. The van der Waals surface area contributed by atoms with Gasteiger partial charge in [0.25, 0.3) is 0 Å². The maximum absolute atomic E-state index is 5.36. The zero-order chi connectivity index (χ0) is 17.4. The van der Waals surface area contributed by atoms with Gasteiger partial charge in [-0.05, 0) is 36.2 Å². The molecule has 0 fully saturated rings. The van der Waals surface area contributed by atoms with Gasteiger partial charge in [0.15, 0.2) is 17.3 Å². The Labute approximate surface area is 151 Å². The van der Waals surface area contributed by atoms with E-state index < -0.39 is 0 Å². The van der Waals surface area contributed by atoms with Crippen LogP contribution in [0, 0.1) is 6.92 Å². The molecule has 0 N–H and O–H groups in total. The minimum Gasteiger partial charge on any atom is -0.493 e. The molecule has 0 spiro atoms. The molecule has 8 nitrogen and oxygen atoms in total. The zero-order valence-corrected chi connectivity index (χ0v) is 15.4. The Morgan fingerprint density at radius 3 is 2.64 bits per heavy atom. The van der Waals surface area contributed by atoms with Gasteiger partial charge in [-0.2, -0.15) is 9.61 Å². The molecule has 3 aromatic heterocycles. The lowest BCUT2D eigenvalue weighted by Crippen LogP contribution is -1.95. The van der Waals surface area contributed by atoms with Crippen LogP contribution in [0.4, 0.5) is 0 Å². The van der Waals surface area contributed by atoms with Crippen LogP contribution in [-0.4, -0.2) is 43.6 Å². The lowest BCUT2D eigenvalue weighted by Gasteiger charge is -2.08. The minimum atomic E-state index is 0.674. The molecule has 0 aliphatic rings. The van der Waals surface area contributed by atoms with Crippen LogP contribution < -0.4 is 9.47 Å². The van der Waals surface area contributed by atoms with Crippen molar-refractivity contribution in [3.8, 4) is 22.2 Å². The first kappa shape index (κ1) is 15.9. The average Bonchev–Trinajstić information content (AvgIpc) is 3.30. The van der Waals surface area contributed by atoms with Crippen molar-refractivity contribution in [1.29, 1.82) is 0 Å². The Morgan fingerprint density at radius 2 is 1.92 bits per heavy atom. The smallest absolute Gasteiger partial charge is 0.235 e. The maximum Gasteiger partial charge on any atom is 0.235 e. The molecule has 4 aromatic rings. The highest BCUT2D eigenvalue weighted by Crippen LogP contribution is 2.30. The third-order valence-corrected chi connectivity index (χ3v) is 5.41. The normalized spacial score (nSPS) is 11.2. The minimum absolute atomic E-state index is 0.674. The molecule has 4 rings (SSSR count). The van der Waals surface area contributed by atoms with Gasteiger partial charge in [-0.3, -0.25) is 0 Å². The number of hydrogen-bond acceptors (Lipinski definition) is 9. The number of nitrogens with zero attached hydrogens (tertiary/aromatic N) is 6. The molecule has 0 aliphatic carbocycles. The molecule has 3 heterocycles. The molecule has 0 atom stereocenters. The SMILES string of the molecule is COc1ccc(Cc2nn3c(-c4snnc4C)nnc3s2)cc1OC. The summed E-state index contributed by atoms with van der Waals surface area (Å²) in [6.07, 6.45) is 0.674. The molecule has 0 unspecified atom stereocenters. The number of fused-ring (bicyclic) bond motifs is 1. The first-order valence-corrected chi connectivity index (χ1v) is 9.00. The van der Waals surface area contributed by atoms with Gasteiger partial charge in [0, 0.05) is 6.42 Å². The summed E-state index contributed by atoms with van der Waals surface area (Å²) in [5, 5.41) is 18.0. The Balaban J connectivity index is 1.67. The lowest BCUT2D eigenvalue weighted by molar-refractivity contribution is 0.354. The summed E-state index contributed by atoms with van der Waals surface area (Å²) in [4.78, 5) is 1.63. The van der Waals surface area contributed by atoms with Gasteiger partial charge in [-0.15, -0.1) is 15.3 Å². The van der Waals surface area contributed by atoms with Gasteiger partial charge in [0.2, 0.25) is 4.96 Å². The summed E-state index contributed by atoms with van der Waals surface area (Å²) < 4.78 is 16.3.